The van der Waals surface area contributed by atoms with Crippen molar-refractivity contribution in [2.45, 2.75) is 39.2 Å². The number of carbonyl (C=O) groups is 2. The number of rotatable bonds is 3. The predicted octanol–water partition coefficient (Wildman–Crippen LogP) is 2.03. The second kappa shape index (κ2) is 6.52. The summed E-state index contributed by atoms with van der Waals surface area (Å²) in [4.78, 5) is 23.3. The molecule has 0 aromatic heterocycles. The van der Waals surface area contributed by atoms with Crippen molar-refractivity contribution >= 4 is 23.2 Å². The minimum Gasteiger partial charge on any atom is -0.326 e. The lowest BCUT2D eigenvalue weighted by Crippen LogP contribution is -2.43. The summed E-state index contributed by atoms with van der Waals surface area (Å²) in [6, 6.07) is 5.38. The zero-order valence-corrected chi connectivity index (χ0v) is 12.0. The fraction of sp³-hybridized carbons (Fsp3) is 0.467. The van der Waals surface area contributed by atoms with E-state index in [0.717, 1.165) is 37.1 Å². The molecule has 0 saturated carbocycles. The van der Waals surface area contributed by atoms with Gasteiger partial charge in [0.15, 0.2) is 0 Å². The standard InChI is InChI=1S/C15H21N3O2/c1-10-6-7-12(17-11(2)19)9-14(10)18-15(20)13-5-3-4-8-16-13/h6-7,9,13,16H,3-5,8H2,1-2H3,(H,17,19)(H,18,20)/t13-/m0/s1. The van der Waals surface area contributed by atoms with Crippen molar-refractivity contribution in [1.29, 1.82) is 0 Å². The van der Waals surface area contributed by atoms with Crippen LogP contribution in [0.1, 0.15) is 31.7 Å². The molecule has 3 N–H and O–H groups in total. The molecule has 0 spiro atoms. The van der Waals surface area contributed by atoms with Crippen molar-refractivity contribution in [2.24, 2.45) is 0 Å². The SMILES string of the molecule is CC(=O)Nc1ccc(C)c(NC(=O)[C@@H]2CCCCN2)c1. The number of hydrogen-bond acceptors (Lipinski definition) is 3. The van der Waals surface area contributed by atoms with Gasteiger partial charge in [-0.15, -0.1) is 0 Å². The summed E-state index contributed by atoms with van der Waals surface area (Å²) in [5.41, 5.74) is 2.41. The number of amides is 2. The third-order valence-electron chi connectivity index (χ3n) is 3.44. The van der Waals surface area contributed by atoms with Crippen LogP contribution in [0.2, 0.25) is 0 Å². The average Bonchev–Trinajstić information content (AvgIpc) is 2.43. The van der Waals surface area contributed by atoms with Crippen molar-refractivity contribution in [1.82, 2.24) is 5.32 Å². The van der Waals surface area contributed by atoms with Gasteiger partial charge in [-0.05, 0) is 44.0 Å². The summed E-state index contributed by atoms with van der Waals surface area (Å²) in [6.45, 7) is 4.29. The highest BCUT2D eigenvalue weighted by Gasteiger charge is 2.20. The number of aryl methyl sites for hydroxylation is 1. The van der Waals surface area contributed by atoms with E-state index < -0.39 is 0 Å². The van der Waals surface area contributed by atoms with Crippen LogP contribution in [0.5, 0.6) is 0 Å². The van der Waals surface area contributed by atoms with Gasteiger partial charge in [-0.3, -0.25) is 9.59 Å². The smallest absolute Gasteiger partial charge is 0.241 e. The molecular formula is C15H21N3O2. The van der Waals surface area contributed by atoms with E-state index in [1.807, 2.05) is 19.1 Å². The Balaban J connectivity index is 2.07. The fourth-order valence-corrected chi connectivity index (χ4v) is 2.33. The van der Waals surface area contributed by atoms with Gasteiger partial charge in [-0.2, -0.15) is 0 Å². The van der Waals surface area contributed by atoms with Crippen LogP contribution in [0.3, 0.4) is 0 Å². The Morgan fingerprint density at radius 3 is 2.70 bits per heavy atom. The number of anilines is 2. The Morgan fingerprint density at radius 2 is 2.05 bits per heavy atom. The summed E-state index contributed by atoms with van der Waals surface area (Å²) >= 11 is 0. The predicted molar refractivity (Wildman–Crippen MR) is 79.8 cm³/mol. The summed E-state index contributed by atoms with van der Waals surface area (Å²) in [5, 5.41) is 8.88. The van der Waals surface area contributed by atoms with E-state index in [1.165, 1.54) is 6.92 Å². The number of nitrogens with one attached hydrogen (secondary N) is 3. The topological polar surface area (TPSA) is 70.2 Å². The van der Waals surface area contributed by atoms with Gasteiger partial charge < -0.3 is 16.0 Å². The molecule has 5 nitrogen and oxygen atoms in total. The molecule has 0 radical (unpaired) electrons. The van der Waals surface area contributed by atoms with Crippen molar-refractivity contribution in [3.63, 3.8) is 0 Å². The lowest BCUT2D eigenvalue weighted by molar-refractivity contribution is -0.118. The van der Waals surface area contributed by atoms with E-state index in [-0.39, 0.29) is 17.9 Å². The molecule has 5 heteroatoms. The maximum absolute atomic E-state index is 12.2. The van der Waals surface area contributed by atoms with Gasteiger partial charge in [-0.1, -0.05) is 12.5 Å². The van der Waals surface area contributed by atoms with Crippen LogP contribution in [0.25, 0.3) is 0 Å². The Hall–Kier alpha value is -1.88. The third kappa shape index (κ3) is 3.81. The van der Waals surface area contributed by atoms with Crippen molar-refractivity contribution in [3.05, 3.63) is 23.8 Å². The molecule has 1 saturated heterocycles. The first-order valence-electron chi connectivity index (χ1n) is 6.99. The van der Waals surface area contributed by atoms with Crippen molar-refractivity contribution < 1.29 is 9.59 Å². The van der Waals surface area contributed by atoms with Gasteiger partial charge in [0.05, 0.1) is 6.04 Å². The van der Waals surface area contributed by atoms with E-state index in [4.69, 9.17) is 0 Å². The second-order valence-electron chi connectivity index (χ2n) is 5.20. The van der Waals surface area contributed by atoms with Crippen LogP contribution in [0, 0.1) is 6.92 Å². The Morgan fingerprint density at radius 1 is 1.25 bits per heavy atom. The molecule has 1 fully saturated rings. The summed E-state index contributed by atoms with van der Waals surface area (Å²) in [5.74, 6) is -0.132. The highest BCUT2D eigenvalue weighted by Crippen LogP contribution is 2.21. The van der Waals surface area contributed by atoms with E-state index >= 15 is 0 Å². The summed E-state index contributed by atoms with van der Waals surface area (Å²) in [7, 11) is 0. The molecule has 1 aliphatic heterocycles. The number of carbonyl (C=O) groups excluding carboxylic acids is 2. The van der Waals surface area contributed by atoms with Crippen LogP contribution in [-0.2, 0) is 9.59 Å². The zero-order chi connectivity index (χ0) is 14.5. The van der Waals surface area contributed by atoms with Gasteiger partial charge in [0, 0.05) is 18.3 Å². The Labute approximate surface area is 119 Å². The van der Waals surface area contributed by atoms with E-state index in [1.54, 1.807) is 6.07 Å². The molecular weight excluding hydrogens is 254 g/mol. The molecule has 20 heavy (non-hydrogen) atoms. The maximum atomic E-state index is 12.2. The van der Waals surface area contributed by atoms with E-state index in [0.29, 0.717) is 5.69 Å². The van der Waals surface area contributed by atoms with Crippen LogP contribution in [-0.4, -0.2) is 24.4 Å². The van der Waals surface area contributed by atoms with E-state index in [9.17, 15) is 9.59 Å². The van der Waals surface area contributed by atoms with Crippen LogP contribution in [0.4, 0.5) is 11.4 Å². The molecule has 108 valence electrons. The summed E-state index contributed by atoms with van der Waals surface area (Å²) in [6.07, 6.45) is 3.08. The second-order valence-corrected chi connectivity index (χ2v) is 5.20. The molecule has 2 rings (SSSR count). The average molecular weight is 275 g/mol. The number of benzene rings is 1. The monoisotopic (exact) mass is 275 g/mol. The highest BCUT2D eigenvalue weighted by atomic mass is 16.2. The quantitative estimate of drug-likeness (QED) is 0.790. The fourth-order valence-electron chi connectivity index (χ4n) is 2.33. The van der Waals surface area contributed by atoms with E-state index in [2.05, 4.69) is 16.0 Å². The number of piperidine rings is 1. The first-order chi connectivity index (χ1) is 9.56. The first-order valence-corrected chi connectivity index (χ1v) is 6.99. The molecule has 0 aliphatic carbocycles. The molecule has 2 amide bonds. The molecule has 0 bridgehead atoms. The Bertz CT molecular complexity index is 508. The van der Waals surface area contributed by atoms with Gasteiger partial charge in [-0.25, -0.2) is 0 Å². The van der Waals surface area contributed by atoms with Crippen LogP contribution >= 0.6 is 0 Å². The largest absolute Gasteiger partial charge is 0.326 e. The number of hydrogen-bond donors (Lipinski definition) is 3. The molecule has 1 aliphatic rings. The molecule has 0 unspecified atom stereocenters. The van der Waals surface area contributed by atoms with Gasteiger partial charge in [0.25, 0.3) is 0 Å². The minimum atomic E-state index is -0.125. The normalized spacial score (nSPS) is 18.4. The minimum absolute atomic E-state index is 0.00669. The first kappa shape index (κ1) is 14.5. The van der Waals surface area contributed by atoms with Crippen molar-refractivity contribution in [3.8, 4) is 0 Å². The van der Waals surface area contributed by atoms with Crippen molar-refractivity contribution in [2.75, 3.05) is 17.2 Å². The Kier molecular flexibility index (Phi) is 4.74. The maximum Gasteiger partial charge on any atom is 0.241 e. The molecule has 1 aromatic rings. The molecule has 1 heterocycles. The third-order valence-corrected chi connectivity index (χ3v) is 3.44. The summed E-state index contributed by atoms with van der Waals surface area (Å²) < 4.78 is 0. The van der Waals surface area contributed by atoms with Crippen LogP contribution in [0.15, 0.2) is 18.2 Å². The van der Waals surface area contributed by atoms with Gasteiger partial charge in [0.2, 0.25) is 11.8 Å². The lowest BCUT2D eigenvalue weighted by Gasteiger charge is -2.23. The van der Waals surface area contributed by atoms with Gasteiger partial charge in [0.1, 0.15) is 0 Å². The molecule has 1 atom stereocenters. The zero-order valence-electron chi connectivity index (χ0n) is 12.0. The highest BCUT2D eigenvalue weighted by molar-refractivity contribution is 5.97. The lowest BCUT2D eigenvalue weighted by atomic mass is 10.0. The van der Waals surface area contributed by atoms with Gasteiger partial charge >= 0.3 is 0 Å². The molecule has 1 aromatic carbocycles. The van der Waals surface area contributed by atoms with Crippen LogP contribution < -0.4 is 16.0 Å².